The van der Waals surface area contributed by atoms with Crippen LogP contribution in [-0.4, -0.2) is 39.4 Å². The standard InChI is InChI=1S/C20H22N2O4.ClH/c23-19(17-4-2-1-3-5-17)14-20(24)10-12-21(13-11-20)15-16-6-8-18(9-7-16)22(25)26;/h1-9,24H,10-15H2;1H. The van der Waals surface area contributed by atoms with Gasteiger partial charge in [-0.05, 0) is 18.4 Å². The van der Waals surface area contributed by atoms with Crippen LogP contribution in [-0.2, 0) is 6.54 Å². The number of carbonyl (C=O) groups excluding carboxylic acids is 1. The van der Waals surface area contributed by atoms with Crippen molar-refractivity contribution >= 4 is 23.9 Å². The minimum atomic E-state index is -0.959. The van der Waals surface area contributed by atoms with Crippen LogP contribution in [0.4, 0.5) is 5.69 Å². The van der Waals surface area contributed by atoms with Crippen LogP contribution in [0.1, 0.15) is 35.2 Å². The summed E-state index contributed by atoms with van der Waals surface area (Å²) in [6.07, 6.45) is 1.22. The van der Waals surface area contributed by atoms with Crippen LogP contribution < -0.4 is 0 Å². The number of nitrogens with zero attached hydrogens (tertiary/aromatic N) is 2. The van der Waals surface area contributed by atoms with E-state index >= 15 is 0 Å². The fraction of sp³-hybridized carbons (Fsp3) is 0.350. The van der Waals surface area contributed by atoms with Crippen molar-refractivity contribution in [2.75, 3.05) is 13.1 Å². The maximum Gasteiger partial charge on any atom is 0.269 e. The average Bonchev–Trinajstić information content (AvgIpc) is 2.65. The van der Waals surface area contributed by atoms with Gasteiger partial charge in [-0.1, -0.05) is 42.5 Å². The number of hydrogen-bond acceptors (Lipinski definition) is 5. The third kappa shape index (κ3) is 5.60. The van der Waals surface area contributed by atoms with E-state index < -0.39 is 10.5 Å². The molecule has 1 aliphatic rings. The van der Waals surface area contributed by atoms with Gasteiger partial charge in [0.25, 0.3) is 5.69 Å². The second-order valence-corrected chi connectivity index (χ2v) is 6.89. The zero-order valence-corrected chi connectivity index (χ0v) is 15.7. The number of likely N-dealkylation sites (tertiary alicyclic amines) is 1. The van der Waals surface area contributed by atoms with E-state index in [0.29, 0.717) is 38.0 Å². The summed E-state index contributed by atoms with van der Waals surface area (Å²) in [6, 6.07) is 15.6. The van der Waals surface area contributed by atoms with Gasteiger partial charge in [0.1, 0.15) is 0 Å². The van der Waals surface area contributed by atoms with Gasteiger partial charge in [0.05, 0.1) is 10.5 Å². The molecule has 0 amide bonds. The largest absolute Gasteiger partial charge is 0.389 e. The number of rotatable bonds is 6. The number of hydrogen-bond donors (Lipinski definition) is 1. The summed E-state index contributed by atoms with van der Waals surface area (Å²) in [5.41, 5.74) is 0.760. The van der Waals surface area contributed by atoms with E-state index in [0.717, 1.165) is 5.56 Å². The molecular weight excluding hydrogens is 368 g/mol. The Kier molecular flexibility index (Phi) is 7.07. The highest BCUT2D eigenvalue weighted by Gasteiger charge is 2.34. The van der Waals surface area contributed by atoms with Crippen LogP contribution >= 0.6 is 12.4 Å². The molecule has 144 valence electrons. The second kappa shape index (κ2) is 9.08. The summed E-state index contributed by atoms with van der Waals surface area (Å²) < 4.78 is 0. The predicted molar refractivity (Wildman–Crippen MR) is 105 cm³/mol. The van der Waals surface area contributed by atoms with Crippen molar-refractivity contribution in [3.63, 3.8) is 0 Å². The number of benzene rings is 2. The van der Waals surface area contributed by atoms with E-state index in [1.54, 1.807) is 24.3 Å². The second-order valence-electron chi connectivity index (χ2n) is 6.89. The van der Waals surface area contributed by atoms with Crippen LogP contribution in [0.25, 0.3) is 0 Å². The number of Topliss-reactive ketones (excluding diaryl/α,β-unsaturated/α-hetero) is 1. The Morgan fingerprint density at radius 1 is 1.07 bits per heavy atom. The molecule has 0 bridgehead atoms. The van der Waals surface area contributed by atoms with Crippen molar-refractivity contribution in [1.29, 1.82) is 0 Å². The highest BCUT2D eigenvalue weighted by Crippen LogP contribution is 2.28. The number of nitro benzene ring substituents is 1. The first-order valence-electron chi connectivity index (χ1n) is 8.71. The highest BCUT2D eigenvalue weighted by atomic mass is 35.5. The molecule has 3 rings (SSSR count). The zero-order valence-electron chi connectivity index (χ0n) is 14.9. The number of halogens is 1. The Morgan fingerprint density at radius 3 is 2.22 bits per heavy atom. The van der Waals surface area contributed by atoms with Gasteiger partial charge >= 0.3 is 0 Å². The predicted octanol–water partition coefficient (Wildman–Crippen LogP) is 3.62. The summed E-state index contributed by atoms with van der Waals surface area (Å²) in [5.74, 6) is -0.0306. The Balaban J connectivity index is 0.00000261. The van der Waals surface area contributed by atoms with E-state index in [1.165, 1.54) is 12.1 Å². The van der Waals surface area contributed by atoms with Gasteiger partial charge in [0.2, 0.25) is 0 Å². The Bertz CT molecular complexity index is 772. The van der Waals surface area contributed by atoms with Crippen molar-refractivity contribution in [1.82, 2.24) is 4.90 Å². The number of carbonyl (C=O) groups is 1. The lowest BCUT2D eigenvalue weighted by Gasteiger charge is -2.38. The first kappa shape index (κ1) is 21.0. The topological polar surface area (TPSA) is 83.7 Å². The van der Waals surface area contributed by atoms with Gasteiger partial charge in [0, 0.05) is 43.8 Å². The van der Waals surface area contributed by atoms with Gasteiger partial charge in [-0.2, -0.15) is 0 Å². The third-order valence-electron chi connectivity index (χ3n) is 4.93. The van der Waals surface area contributed by atoms with Crippen LogP contribution in [0.5, 0.6) is 0 Å². The fourth-order valence-electron chi connectivity index (χ4n) is 3.31. The molecule has 27 heavy (non-hydrogen) atoms. The minimum Gasteiger partial charge on any atom is -0.389 e. The summed E-state index contributed by atoms with van der Waals surface area (Å²) >= 11 is 0. The monoisotopic (exact) mass is 390 g/mol. The summed E-state index contributed by atoms with van der Waals surface area (Å²) in [4.78, 5) is 24.8. The minimum absolute atomic E-state index is 0. The molecule has 6 nitrogen and oxygen atoms in total. The lowest BCUT2D eigenvalue weighted by atomic mass is 9.85. The molecule has 0 aromatic heterocycles. The van der Waals surface area contributed by atoms with Gasteiger partial charge in [-0.25, -0.2) is 0 Å². The molecular formula is C20H23ClN2O4. The van der Waals surface area contributed by atoms with Crippen molar-refractivity contribution in [3.8, 4) is 0 Å². The van der Waals surface area contributed by atoms with Crippen molar-refractivity contribution in [3.05, 3.63) is 75.8 Å². The summed E-state index contributed by atoms with van der Waals surface area (Å²) in [5, 5.41) is 21.5. The van der Waals surface area contributed by atoms with Gasteiger partial charge in [-0.15, -0.1) is 12.4 Å². The quantitative estimate of drug-likeness (QED) is 0.462. The van der Waals surface area contributed by atoms with E-state index in [-0.39, 0.29) is 30.3 Å². The van der Waals surface area contributed by atoms with Gasteiger partial charge in [0.15, 0.2) is 5.78 Å². The van der Waals surface area contributed by atoms with Gasteiger partial charge < -0.3 is 5.11 Å². The van der Waals surface area contributed by atoms with Crippen LogP contribution in [0, 0.1) is 10.1 Å². The lowest BCUT2D eigenvalue weighted by molar-refractivity contribution is -0.384. The molecule has 7 heteroatoms. The molecule has 2 aromatic rings. The molecule has 0 radical (unpaired) electrons. The molecule has 2 aromatic carbocycles. The van der Waals surface area contributed by atoms with Crippen LogP contribution in [0.3, 0.4) is 0 Å². The molecule has 1 N–H and O–H groups in total. The number of ketones is 1. The number of non-ortho nitro benzene ring substituents is 1. The van der Waals surface area contributed by atoms with Crippen molar-refractivity contribution < 1.29 is 14.8 Å². The lowest BCUT2D eigenvalue weighted by Crippen LogP contribution is -2.45. The molecule has 0 aliphatic carbocycles. The smallest absolute Gasteiger partial charge is 0.269 e. The maximum absolute atomic E-state index is 12.3. The molecule has 0 unspecified atom stereocenters. The first-order chi connectivity index (χ1) is 12.5. The Hall–Kier alpha value is -2.28. The fourth-order valence-corrected chi connectivity index (χ4v) is 3.31. The van der Waals surface area contributed by atoms with Crippen molar-refractivity contribution in [2.24, 2.45) is 0 Å². The highest BCUT2D eigenvalue weighted by molar-refractivity contribution is 5.96. The van der Waals surface area contributed by atoms with Crippen molar-refractivity contribution in [2.45, 2.75) is 31.4 Å². The molecule has 0 atom stereocenters. The average molecular weight is 391 g/mol. The summed E-state index contributed by atoms with van der Waals surface area (Å²) in [6.45, 7) is 2.06. The number of aliphatic hydroxyl groups is 1. The van der Waals surface area contributed by atoms with Crippen LogP contribution in [0.2, 0.25) is 0 Å². The zero-order chi connectivity index (χ0) is 18.6. The van der Waals surface area contributed by atoms with E-state index in [1.807, 2.05) is 18.2 Å². The SMILES string of the molecule is Cl.O=C(CC1(O)CCN(Cc2ccc([N+](=O)[O-])cc2)CC1)c1ccccc1. The Labute approximate surface area is 164 Å². The molecule has 0 spiro atoms. The van der Waals surface area contributed by atoms with Gasteiger partial charge in [-0.3, -0.25) is 19.8 Å². The number of piperidine rings is 1. The Morgan fingerprint density at radius 2 is 1.67 bits per heavy atom. The first-order valence-corrected chi connectivity index (χ1v) is 8.71. The molecule has 1 heterocycles. The molecule has 0 saturated carbocycles. The molecule has 1 fully saturated rings. The molecule has 1 aliphatic heterocycles. The number of nitro groups is 1. The van der Waals surface area contributed by atoms with E-state index in [2.05, 4.69) is 4.90 Å². The normalized spacial score (nSPS) is 16.3. The molecule has 1 saturated heterocycles. The third-order valence-corrected chi connectivity index (χ3v) is 4.93. The summed E-state index contributed by atoms with van der Waals surface area (Å²) in [7, 11) is 0. The maximum atomic E-state index is 12.3. The van der Waals surface area contributed by atoms with Crippen LogP contribution in [0.15, 0.2) is 54.6 Å². The van der Waals surface area contributed by atoms with E-state index in [4.69, 9.17) is 0 Å². The van der Waals surface area contributed by atoms with E-state index in [9.17, 15) is 20.0 Å².